The van der Waals surface area contributed by atoms with Crippen LogP contribution in [0.1, 0.15) is 25.7 Å². The normalized spacial score (nSPS) is 18.3. The predicted molar refractivity (Wildman–Crippen MR) is 80.7 cm³/mol. The van der Waals surface area contributed by atoms with Crippen molar-refractivity contribution >= 4 is 27.5 Å². The van der Waals surface area contributed by atoms with Gasteiger partial charge in [-0.3, -0.25) is 0 Å². The van der Waals surface area contributed by atoms with Crippen molar-refractivity contribution in [3.8, 4) is 0 Å². The van der Waals surface area contributed by atoms with Crippen molar-refractivity contribution in [1.29, 1.82) is 0 Å². The van der Waals surface area contributed by atoms with Crippen LogP contribution in [0.25, 0.3) is 0 Å². The molecule has 0 radical (unpaired) electrons. The number of nitrogens with two attached hydrogens (primary N) is 1. The highest BCUT2D eigenvalue weighted by molar-refractivity contribution is 8.00. The fraction of sp³-hybridized carbons (Fsp3) is 0.538. The molecule has 0 heterocycles. The highest BCUT2D eigenvalue weighted by Crippen LogP contribution is 2.39. The second kappa shape index (κ2) is 5.91. The Balaban J connectivity index is 2.13. The number of halogens is 1. The molecule has 0 aromatic heterocycles. The Labute approximate surface area is 123 Å². The summed E-state index contributed by atoms with van der Waals surface area (Å²) in [5.74, 6) is -0.715. The Morgan fingerprint density at radius 3 is 2.60 bits per heavy atom. The highest BCUT2D eigenvalue weighted by Gasteiger charge is 2.34. The number of rotatable bonds is 5. The van der Waals surface area contributed by atoms with Crippen molar-refractivity contribution in [3.63, 3.8) is 0 Å². The largest absolute Gasteiger partial charge is 0.396 e. The van der Waals surface area contributed by atoms with E-state index in [1.165, 1.54) is 12.1 Å². The minimum absolute atomic E-state index is 0.0284. The molecule has 2 rings (SSSR count). The maximum atomic E-state index is 13.4. The standard InChI is InChI=1S/C13H19FN2O2S2/c1-19-13(6-2-3-7-13)9-16-20(17,18)10-4-5-12(15)11(14)8-10/h4-5,8,16H,2-3,6-7,9,15H2,1H3. The summed E-state index contributed by atoms with van der Waals surface area (Å²) in [7, 11) is -3.69. The van der Waals surface area contributed by atoms with Gasteiger partial charge in [0.05, 0.1) is 10.6 Å². The zero-order valence-electron chi connectivity index (χ0n) is 11.4. The first-order valence-corrected chi connectivity index (χ1v) is 9.19. The molecule has 0 saturated heterocycles. The van der Waals surface area contributed by atoms with Gasteiger partial charge in [-0.15, -0.1) is 0 Å². The predicted octanol–water partition coefficient (Wildman–Crippen LogP) is 2.36. The van der Waals surface area contributed by atoms with Gasteiger partial charge in [-0.25, -0.2) is 17.5 Å². The summed E-state index contributed by atoms with van der Waals surface area (Å²) in [5, 5.41) is 0. The Bertz CT molecular complexity index is 584. The monoisotopic (exact) mass is 318 g/mol. The molecule has 1 aromatic carbocycles. The van der Waals surface area contributed by atoms with Gasteiger partial charge in [0.2, 0.25) is 10.0 Å². The van der Waals surface area contributed by atoms with Gasteiger partial charge in [-0.1, -0.05) is 12.8 Å². The molecule has 1 saturated carbocycles. The summed E-state index contributed by atoms with van der Waals surface area (Å²) < 4.78 is 40.3. The van der Waals surface area contributed by atoms with Crippen molar-refractivity contribution in [1.82, 2.24) is 4.72 Å². The molecular weight excluding hydrogens is 299 g/mol. The number of sulfonamides is 1. The average Bonchev–Trinajstić information content (AvgIpc) is 2.89. The highest BCUT2D eigenvalue weighted by atomic mass is 32.2. The Kier molecular flexibility index (Phi) is 4.61. The first-order chi connectivity index (χ1) is 9.38. The zero-order valence-corrected chi connectivity index (χ0v) is 13.0. The first-order valence-electron chi connectivity index (χ1n) is 6.48. The van der Waals surface area contributed by atoms with Gasteiger partial charge < -0.3 is 5.73 Å². The van der Waals surface area contributed by atoms with Gasteiger partial charge in [0.15, 0.2) is 0 Å². The molecule has 1 fully saturated rings. The number of hydrogen-bond donors (Lipinski definition) is 2. The molecule has 0 spiro atoms. The molecule has 7 heteroatoms. The summed E-state index contributed by atoms with van der Waals surface area (Å²) in [6, 6.07) is 3.54. The van der Waals surface area contributed by atoms with E-state index >= 15 is 0 Å². The van der Waals surface area contributed by atoms with Gasteiger partial charge in [-0.05, 0) is 37.3 Å². The Morgan fingerprint density at radius 1 is 1.40 bits per heavy atom. The molecule has 3 N–H and O–H groups in total. The third-order valence-corrected chi connectivity index (χ3v) is 6.63. The maximum Gasteiger partial charge on any atom is 0.240 e. The van der Waals surface area contributed by atoms with E-state index in [1.54, 1.807) is 11.8 Å². The molecule has 1 aromatic rings. The second-order valence-electron chi connectivity index (χ2n) is 5.10. The SMILES string of the molecule is CSC1(CNS(=O)(=O)c2ccc(N)c(F)c2)CCCC1. The van der Waals surface area contributed by atoms with E-state index in [2.05, 4.69) is 4.72 Å². The number of nitrogen functional groups attached to an aromatic ring is 1. The quantitative estimate of drug-likeness (QED) is 0.818. The summed E-state index contributed by atoms with van der Waals surface area (Å²) in [4.78, 5) is -0.0848. The van der Waals surface area contributed by atoms with Crippen LogP contribution in [0.4, 0.5) is 10.1 Å². The van der Waals surface area contributed by atoms with E-state index < -0.39 is 15.8 Å². The molecule has 20 heavy (non-hydrogen) atoms. The van der Waals surface area contributed by atoms with Crippen LogP contribution < -0.4 is 10.5 Å². The van der Waals surface area contributed by atoms with Crippen molar-refractivity contribution in [3.05, 3.63) is 24.0 Å². The van der Waals surface area contributed by atoms with Crippen molar-refractivity contribution in [2.24, 2.45) is 0 Å². The molecule has 0 bridgehead atoms. The van der Waals surface area contributed by atoms with Gasteiger partial charge in [-0.2, -0.15) is 11.8 Å². The number of nitrogens with one attached hydrogen (secondary N) is 1. The fourth-order valence-corrected chi connectivity index (χ4v) is 4.60. The lowest BCUT2D eigenvalue weighted by molar-refractivity contribution is 0.550. The maximum absolute atomic E-state index is 13.4. The molecule has 1 aliphatic carbocycles. The van der Waals surface area contributed by atoms with Crippen LogP contribution in [-0.4, -0.2) is 26.0 Å². The van der Waals surface area contributed by atoms with Crippen LogP contribution in [-0.2, 0) is 10.0 Å². The second-order valence-corrected chi connectivity index (χ2v) is 8.14. The Morgan fingerprint density at radius 2 is 2.05 bits per heavy atom. The molecule has 0 unspecified atom stereocenters. The number of hydrogen-bond acceptors (Lipinski definition) is 4. The smallest absolute Gasteiger partial charge is 0.240 e. The lowest BCUT2D eigenvalue weighted by Crippen LogP contribution is -2.38. The van der Waals surface area contributed by atoms with Gasteiger partial charge in [0, 0.05) is 11.3 Å². The van der Waals surface area contributed by atoms with E-state index in [1.807, 2.05) is 6.26 Å². The van der Waals surface area contributed by atoms with Crippen molar-refractivity contribution < 1.29 is 12.8 Å². The van der Waals surface area contributed by atoms with Crippen LogP contribution in [0, 0.1) is 5.82 Å². The van der Waals surface area contributed by atoms with Crippen LogP contribution >= 0.6 is 11.8 Å². The van der Waals surface area contributed by atoms with Gasteiger partial charge in [0.1, 0.15) is 5.82 Å². The first kappa shape index (κ1) is 15.6. The molecule has 0 atom stereocenters. The molecule has 1 aliphatic rings. The van der Waals surface area contributed by atoms with Crippen LogP contribution in [0.5, 0.6) is 0 Å². The van der Waals surface area contributed by atoms with Gasteiger partial charge >= 0.3 is 0 Å². The van der Waals surface area contributed by atoms with E-state index in [0.29, 0.717) is 6.54 Å². The molecule has 4 nitrogen and oxygen atoms in total. The topological polar surface area (TPSA) is 72.2 Å². The van der Waals surface area contributed by atoms with Crippen LogP contribution in [0.2, 0.25) is 0 Å². The minimum Gasteiger partial charge on any atom is -0.396 e. The van der Waals surface area contributed by atoms with Gasteiger partial charge in [0.25, 0.3) is 0 Å². The third kappa shape index (κ3) is 3.27. The molecular formula is C13H19FN2O2S2. The van der Waals surface area contributed by atoms with Crippen molar-refractivity contribution in [2.75, 3.05) is 18.5 Å². The Hall–Kier alpha value is -0.790. The third-order valence-electron chi connectivity index (χ3n) is 3.81. The van der Waals surface area contributed by atoms with Crippen LogP contribution in [0.3, 0.4) is 0 Å². The van der Waals surface area contributed by atoms with E-state index in [4.69, 9.17) is 5.73 Å². The van der Waals surface area contributed by atoms with Crippen LogP contribution in [0.15, 0.2) is 23.1 Å². The summed E-state index contributed by atoms with van der Waals surface area (Å²) in [6.45, 7) is 0.377. The van der Waals surface area contributed by atoms with E-state index in [-0.39, 0.29) is 15.3 Å². The number of anilines is 1. The van der Waals surface area contributed by atoms with E-state index in [9.17, 15) is 12.8 Å². The fourth-order valence-electron chi connectivity index (χ4n) is 2.46. The minimum atomic E-state index is -3.69. The molecule has 0 aliphatic heterocycles. The summed E-state index contributed by atoms with van der Waals surface area (Å²) in [6.07, 6.45) is 6.26. The lowest BCUT2D eigenvalue weighted by Gasteiger charge is -2.26. The average molecular weight is 318 g/mol. The summed E-state index contributed by atoms with van der Waals surface area (Å²) in [5.41, 5.74) is 5.30. The van der Waals surface area contributed by atoms with E-state index in [0.717, 1.165) is 31.7 Å². The zero-order chi connectivity index (χ0) is 14.8. The number of benzene rings is 1. The lowest BCUT2D eigenvalue weighted by atomic mass is 10.1. The molecule has 0 amide bonds. The van der Waals surface area contributed by atoms with Crippen molar-refractivity contribution in [2.45, 2.75) is 35.3 Å². The summed E-state index contributed by atoms with van der Waals surface area (Å²) >= 11 is 1.70. The molecule has 112 valence electrons. The number of thioether (sulfide) groups is 1.